The lowest BCUT2D eigenvalue weighted by Crippen LogP contribution is -2.45. The number of hydrogen-bond acceptors (Lipinski definition) is 5. The molecule has 2 saturated heterocycles. The predicted molar refractivity (Wildman–Crippen MR) is 94.6 cm³/mol. The average molecular weight is 348 g/mol. The molecule has 1 N–H and O–H groups in total. The minimum absolute atomic E-state index is 0.0817. The van der Waals surface area contributed by atoms with Gasteiger partial charge in [0.2, 0.25) is 5.91 Å². The van der Waals surface area contributed by atoms with E-state index in [0.717, 1.165) is 58.0 Å². The normalized spacial score (nSPS) is 22.6. The summed E-state index contributed by atoms with van der Waals surface area (Å²) in [5, 5.41) is 9.33. The van der Waals surface area contributed by atoms with E-state index in [2.05, 4.69) is 4.90 Å². The third-order valence-electron chi connectivity index (χ3n) is 4.83. The predicted octanol–water partition coefficient (Wildman–Crippen LogP) is 1.27. The fourth-order valence-corrected chi connectivity index (χ4v) is 3.38. The van der Waals surface area contributed by atoms with Crippen LogP contribution in [0, 0.1) is 0 Å². The van der Waals surface area contributed by atoms with Crippen LogP contribution in [0.25, 0.3) is 0 Å². The summed E-state index contributed by atoms with van der Waals surface area (Å²) in [6.07, 6.45) is 2.17. The first kappa shape index (κ1) is 18.2. The highest BCUT2D eigenvalue weighted by atomic mass is 16.5. The molecule has 2 aliphatic heterocycles. The molecule has 2 fully saturated rings. The Morgan fingerprint density at radius 1 is 1.12 bits per heavy atom. The van der Waals surface area contributed by atoms with Gasteiger partial charge < -0.3 is 19.5 Å². The Kier molecular flexibility index (Phi) is 6.67. The van der Waals surface area contributed by atoms with Crippen molar-refractivity contribution in [2.75, 3.05) is 52.5 Å². The number of aromatic hydroxyl groups is 1. The molecule has 1 amide bonds. The average Bonchev–Trinajstić information content (AvgIpc) is 2.87. The smallest absolute Gasteiger partial charge is 0.222 e. The topological polar surface area (TPSA) is 62.2 Å². The monoisotopic (exact) mass is 348 g/mol. The first-order valence-corrected chi connectivity index (χ1v) is 9.18. The van der Waals surface area contributed by atoms with Gasteiger partial charge in [0, 0.05) is 45.8 Å². The molecule has 0 radical (unpaired) electrons. The summed E-state index contributed by atoms with van der Waals surface area (Å²) in [5.74, 6) is 0.441. The summed E-state index contributed by atoms with van der Waals surface area (Å²) in [5.41, 5.74) is 1.07. The SMILES string of the molecule is O=C(CCc1ccc(O)cc1)N1CCCO[C@@H](CN2CCOCC2)C1. The highest BCUT2D eigenvalue weighted by molar-refractivity contribution is 5.76. The van der Waals surface area contributed by atoms with Crippen LogP contribution in [0.3, 0.4) is 0 Å². The molecule has 138 valence electrons. The highest BCUT2D eigenvalue weighted by Crippen LogP contribution is 2.14. The molecule has 6 nitrogen and oxygen atoms in total. The molecule has 25 heavy (non-hydrogen) atoms. The van der Waals surface area contributed by atoms with Gasteiger partial charge in [0.05, 0.1) is 19.3 Å². The molecule has 2 aliphatic rings. The lowest BCUT2D eigenvalue weighted by molar-refractivity contribution is -0.132. The Balaban J connectivity index is 1.49. The van der Waals surface area contributed by atoms with Crippen molar-refractivity contribution >= 4 is 5.91 Å². The number of nitrogens with zero attached hydrogens (tertiary/aromatic N) is 2. The standard InChI is InChI=1S/C19H28N2O4/c22-17-5-2-16(3-6-17)4-7-19(23)21-8-1-11-25-18(15-21)14-20-9-12-24-13-10-20/h2-3,5-6,18,22H,1,4,7-15H2/t18-/m0/s1. The highest BCUT2D eigenvalue weighted by Gasteiger charge is 2.24. The Morgan fingerprint density at radius 3 is 2.64 bits per heavy atom. The molecule has 0 aliphatic carbocycles. The van der Waals surface area contributed by atoms with Gasteiger partial charge in [0.25, 0.3) is 0 Å². The second kappa shape index (κ2) is 9.17. The van der Waals surface area contributed by atoms with E-state index in [4.69, 9.17) is 9.47 Å². The van der Waals surface area contributed by atoms with Gasteiger partial charge in [-0.15, -0.1) is 0 Å². The summed E-state index contributed by atoms with van der Waals surface area (Å²) in [7, 11) is 0. The van der Waals surface area contributed by atoms with Crippen molar-refractivity contribution in [2.45, 2.75) is 25.4 Å². The molecular weight excluding hydrogens is 320 g/mol. The summed E-state index contributed by atoms with van der Waals surface area (Å²) in [4.78, 5) is 16.9. The zero-order valence-corrected chi connectivity index (χ0v) is 14.7. The molecule has 2 heterocycles. The Hall–Kier alpha value is -1.63. The van der Waals surface area contributed by atoms with Crippen LogP contribution in [0.5, 0.6) is 5.75 Å². The number of ether oxygens (including phenoxy) is 2. The lowest BCUT2D eigenvalue weighted by Gasteiger charge is -2.31. The first-order chi connectivity index (χ1) is 12.2. The van der Waals surface area contributed by atoms with E-state index in [1.807, 2.05) is 17.0 Å². The van der Waals surface area contributed by atoms with Gasteiger partial charge in [-0.3, -0.25) is 9.69 Å². The summed E-state index contributed by atoms with van der Waals surface area (Å²) < 4.78 is 11.3. The maximum Gasteiger partial charge on any atom is 0.222 e. The zero-order chi connectivity index (χ0) is 17.5. The van der Waals surface area contributed by atoms with Crippen molar-refractivity contribution in [2.24, 2.45) is 0 Å². The molecule has 1 aromatic carbocycles. The number of carbonyl (C=O) groups excluding carboxylic acids is 1. The summed E-state index contributed by atoms with van der Waals surface area (Å²) in [6, 6.07) is 7.07. The molecule has 6 heteroatoms. The van der Waals surface area contributed by atoms with Crippen LogP contribution in [0.15, 0.2) is 24.3 Å². The number of amides is 1. The molecule has 0 spiro atoms. The number of carbonyl (C=O) groups is 1. The number of phenols is 1. The minimum Gasteiger partial charge on any atom is -0.508 e. The van der Waals surface area contributed by atoms with Crippen molar-refractivity contribution in [3.05, 3.63) is 29.8 Å². The molecule has 0 saturated carbocycles. The van der Waals surface area contributed by atoms with E-state index < -0.39 is 0 Å². The molecule has 0 bridgehead atoms. The van der Waals surface area contributed by atoms with E-state index in [9.17, 15) is 9.90 Å². The quantitative estimate of drug-likeness (QED) is 0.868. The number of benzene rings is 1. The van der Waals surface area contributed by atoms with E-state index in [1.165, 1.54) is 0 Å². The van der Waals surface area contributed by atoms with Crippen molar-refractivity contribution in [1.29, 1.82) is 0 Å². The first-order valence-electron chi connectivity index (χ1n) is 9.18. The Labute approximate surface area is 149 Å². The van der Waals surface area contributed by atoms with Gasteiger partial charge >= 0.3 is 0 Å². The maximum absolute atomic E-state index is 12.6. The number of morpholine rings is 1. The van der Waals surface area contributed by atoms with Crippen LogP contribution in [-0.2, 0) is 20.7 Å². The molecule has 0 aromatic heterocycles. The second-order valence-corrected chi connectivity index (χ2v) is 6.77. The molecule has 0 unspecified atom stereocenters. The maximum atomic E-state index is 12.6. The van der Waals surface area contributed by atoms with E-state index in [1.54, 1.807) is 12.1 Å². The molecule has 1 atom stereocenters. The van der Waals surface area contributed by atoms with Gasteiger partial charge in [-0.25, -0.2) is 0 Å². The number of hydrogen-bond donors (Lipinski definition) is 1. The largest absolute Gasteiger partial charge is 0.508 e. The van der Waals surface area contributed by atoms with E-state index >= 15 is 0 Å². The number of aryl methyl sites for hydroxylation is 1. The molecule has 1 aromatic rings. The van der Waals surface area contributed by atoms with Crippen LogP contribution in [0.4, 0.5) is 0 Å². The third-order valence-corrected chi connectivity index (χ3v) is 4.83. The number of rotatable bonds is 5. The second-order valence-electron chi connectivity index (χ2n) is 6.77. The fourth-order valence-electron chi connectivity index (χ4n) is 3.38. The Morgan fingerprint density at radius 2 is 1.88 bits per heavy atom. The summed E-state index contributed by atoms with van der Waals surface area (Å²) >= 11 is 0. The summed E-state index contributed by atoms with van der Waals surface area (Å²) in [6.45, 7) is 6.47. The van der Waals surface area contributed by atoms with E-state index in [0.29, 0.717) is 19.4 Å². The van der Waals surface area contributed by atoms with Crippen molar-refractivity contribution < 1.29 is 19.4 Å². The van der Waals surface area contributed by atoms with Crippen LogP contribution in [0.1, 0.15) is 18.4 Å². The van der Waals surface area contributed by atoms with Crippen LogP contribution >= 0.6 is 0 Å². The van der Waals surface area contributed by atoms with Crippen LogP contribution < -0.4 is 0 Å². The van der Waals surface area contributed by atoms with Crippen molar-refractivity contribution in [3.63, 3.8) is 0 Å². The molecular formula is C19H28N2O4. The van der Waals surface area contributed by atoms with Gasteiger partial charge in [-0.2, -0.15) is 0 Å². The third kappa shape index (κ3) is 5.70. The molecule has 3 rings (SSSR count). The van der Waals surface area contributed by atoms with Crippen molar-refractivity contribution in [1.82, 2.24) is 9.80 Å². The lowest BCUT2D eigenvalue weighted by atomic mass is 10.1. The van der Waals surface area contributed by atoms with Gasteiger partial charge in [0.1, 0.15) is 5.75 Å². The minimum atomic E-state index is 0.0817. The van der Waals surface area contributed by atoms with Crippen LogP contribution in [0.2, 0.25) is 0 Å². The van der Waals surface area contributed by atoms with Gasteiger partial charge in [-0.1, -0.05) is 12.1 Å². The Bertz CT molecular complexity index is 543. The van der Waals surface area contributed by atoms with Crippen molar-refractivity contribution in [3.8, 4) is 5.75 Å². The fraction of sp³-hybridized carbons (Fsp3) is 0.632. The zero-order valence-electron chi connectivity index (χ0n) is 14.7. The number of phenolic OH excluding ortho intramolecular Hbond substituents is 1. The van der Waals surface area contributed by atoms with Gasteiger partial charge in [0.15, 0.2) is 0 Å². The van der Waals surface area contributed by atoms with Gasteiger partial charge in [-0.05, 0) is 30.5 Å². The van der Waals surface area contributed by atoms with Crippen LogP contribution in [-0.4, -0.2) is 79.5 Å². The van der Waals surface area contributed by atoms with E-state index in [-0.39, 0.29) is 17.8 Å².